The zero-order chi connectivity index (χ0) is 20.1. The lowest BCUT2D eigenvalue weighted by Gasteiger charge is -2.24. The molecule has 0 radical (unpaired) electrons. The standard InChI is InChI=1S/C19H18FN3O4S/c1-11-17-14(19(24)23(2)12-7-8-28(25,26)10-12)9-16(21-18(17)27-22-11)13-5-3-4-6-15(13)20/h3-6,9,12H,7-8,10H2,1-2H3. The number of aryl methyl sites for hydroxylation is 1. The number of fused-ring (bicyclic) bond motifs is 1. The van der Waals surface area contributed by atoms with Crippen molar-refractivity contribution < 1.29 is 22.1 Å². The summed E-state index contributed by atoms with van der Waals surface area (Å²) in [7, 11) is -1.56. The molecular formula is C19H18FN3O4S. The lowest BCUT2D eigenvalue weighted by Crippen LogP contribution is -2.38. The summed E-state index contributed by atoms with van der Waals surface area (Å²) in [5.41, 5.74) is 1.36. The molecule has 7 nitrogen and oxygen atoms in total. The third kappa shape index (κ3) is 3.15. The van der Waals surface area contributed by atoms with Gasteiger partial charge in [0.05, 0.1) is 33.8 Å². The number of carbonyl (C=O) groups is 1. The molecule has 3 aromatic rings. The van der Waals surface area contributed by atoms with E-state index in [9.17, 15) is 17.6 Å². The molecule has 1 unspecified atom stereocenters. The highest BCUT2D eigenvalue weighted by Gasteiger charge is 2.34. The van der Waals surface area contributed by atoms with Crippen molar-refractivity contribution in [2.75, 3.05) is 18.6 Å². The van der Waals surface area contributed by atoms with Crippen molar-refractivity contribution in [3.63, 3.8) is 0 Å². The maximum absolute atomic E-state index is 14.3. The van der Waals surface area contributed by atoms with E-state index in [1.54, 1.807) is 32.2 Å². The smallest absolute Gasteiger partial charge is 0.259 e. The fourth-order valence-corrected chi connectivity index (χ4v) is 5.28. The fraction of sp³-hybridized carbons (Fsp3) is 0.316. The van der Waals surface area contributed by atoms with Crippen LogP contribution < -0.4 is 0 Å². The second-order valence-electron chi connectivity index (χ2n) is 6.96. The van der Waals surface area contributed by atoms with Gasteiger partial charge in [-0.15, -0.1) is 0 Å². The van der Waals surface area contributed by atoms with Crippen LogP contribution >= 0.6 is 0 Å². The van der Waals surface area contributed by atoms with Crippen molar-refractivity contribution >= 4 is 26.8 Å². The molecule has 1 atom stereocenters. The van der Waals surface area contributed by atoms with Gasteiger partial charge in [-0.3, -0.25) is 4.79 Å². The number of aromatic nitrogens is 2. The molecule has 0 bridgehead atoms. The van der Waals surface area contributed by atoms with Gasteiger partial charge in [-0.25, -0.2) is 17.8 Å². The molecule has 0 saturated carbocycles. The summed E-state index contributed by atoms with van der Waals surface area (Å²) in [5, 5.41) is 4.32. The zero-order valence-electron chi connectivity index (χ0n) is 15.3. The number of pyridine rings is 1. The van der Waals surface area contributed by atoms with Crippen molar-refractivity contribution in [2.45, 2.75) is 19.4 Å². The molecule has 28 heavy (non-hydrogen) atoms. The molecular weight excluding hydrogens is 385 g/mol. The highest BCUT2D eigenvalue weighted by Crippen LogP contribution is 2.30. The van der Waals surface area contributed by atoms with E-state index in [2.05, 4.69) is 10.1 Å². The average Bonchev–Trinajstić information content (AvgIpc) is 3.22. The Morgan fingerprint density at radius 3 is 2.75 bits per heavy atom. The van der Waals surface area contributed by atoms with E-state index in [-0.39, 0.29) is 39.9 Å². The van der Waals surface area contributed by atoms with Crippen LogP contribution in [0.25, 0.3) is 22.4 Å². The summed E-state index contributed by atoms with van der Waals surface area (Å²) in [4.78, 5) is 19.0. The SMILES string of the molecule is Cc1noc2nc(-c3ccccc3F)cc(C(=O)N(C)C3CCS(=O)(=O)C3)c12. The summed E-state index contributed by atoms with van der Waals surface area (Å²) in [6.07, 6.45) is 0.390. The maximum Gasteiger partial charge on any atom is 0.259 e. The first-order chi connectivity index (χ1) is 13.3. The van der Waals surface area contributed by atoms with Crippen molar-refractivity contribution in [2.24, 2.45) is 0 Å². The van der Waals surface area contributed by atoms with Crippen LogP contribution in [0.4, 0.5) is 4.39 Å². The van der Waals surface area contributed by atoms with Crippen LogP contribution in [0.15, 0.2) is 34.9 Å². The normalized spacial score (nSPS) is 18.5. The summed E-state index contributed by atoms with van der Waals surface area (Å²) in [5.74, 6) is -0.849. The van der Waals surface area contributed by atoms with Crippen molar-refractivity contribution in [3.05, 3.63) is 47.4 Å². The Labute approximate surface area is 161 Å². The van der Waals surface area contributed by atoms with Gasteiger partial charge in [0, 0.05) is 18.7 Å². The topological polar surface area (TPSA) is 93.4 Å². The summed E-state index contributed by atoms with van der Waals surface area (Å²) in [6, 6.07) is 7.21. The molecule has 0 aliphatic carbocycles. The van der Waals surface area contributed by atoms with Gasteiger partial charge in [0.25, 0.3) is 11.6 Å². The van der Waals surface area contributed by atoms with E-state index in [1.165, 1.54) is 17.0 Å². The van der Waals surface area contributed by atoms with Gasteiger partial charge in [0.2, 0.25) is 0 Å². The Kier molecular flexibility index (Phi) is 4.41. The largest absolute Gasteiger partial charge is 0.338 e. The number of halogens is 1. The number of rotatable bonds is 3. The van der Waals surface area contributed by atoms with Gasteiger partial charge in [-0.05, 0) is 31.5 Å². The molecule has 0 N–H and O–H groups in total. The highest BCUT2D eigenvalue weighted by molar-refractivity contribution is 7.91. The Hall–Kier alpha value is -2.81. The Morgan fingerprint density at radius 1 is 1.32 bits per heavy atom. The minimum atomic E-state index is -3.14. The summed E-state index contributed by atoms with van der Waals surface area (Å²) < 4.78 is 43.1. The number of hydrogen-bond acceptors (Lipinski definition) is 6. The number of nitrogens with zero attached hydrogens (tertiary/aromatic N) is 3. The Balaban J connectivity index is 1.82. The molecule has 2 aromatic heterocycles. The number of benzene rings is 1. The van der Waals surface area contributed by atoms with Crippen LogP contribution in [0.2, 0.25) is 0 Å². The molecule has 146 valence electrons. The predicted octanol–water partition coefficient (Wildman–Crippen LogP) is 2.60. The van der Waals surface area contributed by atoms with E-state index in [4.69, 9.17) is 4.52 Å². The maximum atomic E-state index is 14.3. The van der Waals surface area contributed by atoms with Crippen molar-refractivity contribution in [1.29, 1.82) is 0 Å². The lowest BCUT2D eigenvalue weighted by molar-refractivity contribution is 0.0749. The third-order valence-electron chi connectivity index (χ3n) is 5.07. The summed E-state index contributed by atoms with van der Waals surface area (Å²) >= 11 is 0. The zero-order valence-corrected chi connectivity index (χ0v) is 16.2. The number of amides is 1. The van der Waals surface area contributed by atoms with Gasteiger partial charge >= 0.3 is 0 Å². The van der Waals surface area contributed by atoms with Gasteiger partial charge < -0.3 is 9.42 Å². The van der Waals surface area contributed by atoms with Gasteiger partial charge in [0.15, 0.2) is 9.84 Å². The Bertz CT molecular complexity index is 1190. The third-order valence-corrected chi connectivity index (χ3v) is 6.82. The molecule has 9 heteroatoms. The summed E-state index contributed by atoms with van der Waals surface area (Å²) in [6.45, 7) is 1.69. The average molecular weight is 403 g/mol. The second kappa shape index (κ2) is 6.66. The molecule has 4 rings (SSSR count). The fourth-order valence-electron chi connectivity index (χ4n) is 3.51. The first kappa shape index (κ1) is 18.5. The predicted molar refractivity (Wildman–Crippen MR) is 101 cm³/mol. The van der Waals surface area contributed by atoms with Gasteiger partial charge in [-0.1, -0.05) is 17.3 Å². The first-order valence-corrected chi connectivity index (χ1v) is 10.6. The van der Waals surface area contributed by atoms with Crippen LogP contribution in [-0.2, 0) is 9.84 Å². The minimum Gasteiger partial charge on any atom is -0.338 e. The van der Waals surface area contributed by atoms with Gasteiger partial charge in [-0.2, -0.15) is 0 Å². The van der Waals surface area contributed by atoms with E-state index in [0.29, 0.717) is 17.5 Å². The highest BCUT2D eigenvalue weighted by atomic mass is 32.2. The minimum absolute atomic E-state index is 0.0632. The molecule has 3 heterocycles. The van der Waals surface area contributed by atoms with Crippen molar-refractivity contribution in [3.8, 4) is 11.3 Å². The van der Waals surface area contributed by atoms with E-state index in [1.807, 2.05) is 0 Å². The molecule has 1 fully saturated rings. The molecule has 1 amide bonds. The van der Waals surface area contributed by atoms with Crippen LogP contribution in [0.3, 0.4) is 0 Å². The van der Waals surface area contributed by atoms with Crippen LogP contribution in [-0.4, -0.2) is 54.0 Å². The molecule has 1 saturated heterocycles. The molecule has 1 aliphatic heterocycles. The van der Waals surface area contributed by atoms with Crippen LogP contribution in [0.1, 0.15) is 22.5 Å². The Morgan fingerprint density at radius 2 is 2.07 bits per heavy atom. The number of hydrogen-bond donors (Lipinski definition) is 0. The monoisotopic (exact) mass is 403 g/mol. The van der Waals surface area contributed by atoms with E-state index in [0.717, 1.165) is 0 Å². The lowest BCUT2D eigenvalue weighted by atomic mass is 10.0. The van der Waals surface area contributed by atoms with Gasteiger partial charge in [0.1, 0.15) is 5.82 Å². The first-order valence-electron chi connectivity index (χ1n) is 8.76. The van der Waals surface area contributed by atoms with E-state index >= 15 is 0 Å². The molecule has 1 aromatic carbocycles. The number of sulfone groups is 1. The van der Waals surface area contributed by atoms with Crippen LogP contribution in [0, 0.1) is 12.7 Å². The van der Waals surface area contributed by atoms with Crippen molar-refractivity contribution in [1.82, 2.24) is 15.0 Å². The van der Waals surface area contributed by atoms with E-state index < -0.39 is 21.7 Å². The van der Waals surface area contributed by atoms with Crippen LogP contribution in [0.5, 0.6) is 0 Å². The number of carbonyl (C=O) groups excluding carboxylic acids is 1. The molecule has 1 aliphatic rings. The second-order valence-corrected chi connectivity index (χ2v) is 9.18. The molecule has 0 spiro atoms. The quantitative estimate of drug-likeness (QED) is 0.667.